The number of furan rings is 2. The Labute approximate surface area is 151 Å². The molecule has 4 rings (SSSR count). The first-order valence-electron chi connectivity index (χ1n) is 8.98. The van der Waals surface area contributed by atoms with E-state index in [1.54, 1.807) is 24.7 Å². The van der Waals surface area contributed by atoms with Crippen LogP contribution in [0, 0.1) is 0 Å². The zero-order valence-electron chi connectivity index (χ0n) is 14.5. The highest BCUT2D eigenvalue weighted by molar-refractivity contribution is 5.76. The molecule has 1 saturated carbocycles. The SMILES string of the molecule is O=C(CCc1nc(-c2ccco2)no1)N(Cc1ccco1)C1CCCC1. The summed E-state index contributed by atoms with van der Waals surface area (Å²) in [6, 6.07) is 7.58. The molecule has 0 N–H and O–H groups in total. The molecular formula is C19H21N3O4. The highest BCUT2D eigenvalue weighted by Crippen LogP contribution is 2.26. The minimum Gasteiger partial charge on any atom is -0.467 e. The van der Waals surface area contributed by atoms with Crippen molar-refractivity contribution in [3.8, 4) is 11.6 Å². The fourth-order valence-electron chi connectivity index (χ4n) is 3.43. The van der Waals surface area contributed by atoms with Crippen molar-refractivity contribution in [2.45, 2.75) is 51.1 Å². The lowest BCUT2D eigenvalue weighted by Crippen LogP contribution is -2.38. The first kappa shape index (κ1) is 16.6. The number of carbonyl (C=O) groups is 1. The Balaban J connectivity index is 1.39. The van der Waals surface area contributed by atoms with Crippen molar-refractivity contribution in [3.63, 3.8) is 0 Å². The summed E-state index contributed by atoms with van der Waals surface area (Å²) in [5.41, 5.74) is 0. The Bertz CT molecular complexity index is 817. The van der Waals surface area contributed by atoms with Gasteiger partial charge in [0.2, 0.25) is 17.6 Å². The Kier molecular flexibility index (Phi) is 4.86. The van der Waals surface area contributed by atoms with E-state index in [2.05, 4.69) is 10.1 Å². The van der Waals surface area contributed by atoms with E-state index in [1.165, 1.54) is 12.8 Å². The molecule has 3 heterocycles. The molecule has 1 aliphatic carbocycles. The van der Waals surface area contributed by atoms with Crippen LogP contribution in [0.2, 0.25) is 0 Å². The molecule has 0 unspecified atom stereocenters. The Hall–Kier alpha value is -2.83. The van der Waals surface area contributed by atoms with Crippen LogP contribution in [-0.2, 0) is 17.8 Å². The fourth-order valence-corrected chi connectivity index (χ4v) is 3.43. The topological polar surface area (TPSA) is 85.5 Å². The number of rotatable bonds is 7. The number of nitrogens with zero attached hydrogens (tertiary/aromatic N) is 3. The van der Waals surface area contributed by atoms with Gasteiger partial charge in [-0.15, -0.1) is 0 Å². The average Bonchev–Trinajstić information content (AvgIpc) is 3.44. The molecule has 0 saturated heterocycles. The maximum absolute atomic E-state index is 12.8. The van der Waals surface area contributed by atoms with Gasteiger partial charge in [-0.1, -0.05) is 18.0 Å². The van der Waals surface area contributed by atoms with Crippen LogP contribution >= 0.6 is 0 Å². The van der Waals surface area contributed by atoms with Gasteiger partial charge in [0.1, 0.15) is 5.76 Å². The molecule has 1 aliphatic rings. The average molecular weight is 355 g/mol. The summed E-state index contributed by atoms with van der Waals surface area (Å²) in [6.07, 6.45) is 8.38. The van der Waals surface area contributed by atoms with Crippen LogP contribution in [0.1, 0.15) is 43.8 Å². The summed E-state index contributed by atoms with van der Waals surface area (Å²) < 4.78 is 15.9. The van der Waals surface area contributed by atoms with Crippen LogP contribution in [0.3, 0.4) is 0 Å². The molecule has 3 aromatic heterocycles. The molecule has 1 fully saturated rings. The standard InChI is InChI=1S/C19H21N3O4/c23-18(10-9-17-20-19(21-26-17)16-8-4-12-25-16)22(14-5-1-2-6-14)13-15-7-3-11-24-15/h3-4,7-8,11-12,14H,1-2,5-6,9-10,13H2. The van der Waals surface area contributed by atoms with Crippen molar-refractivity contribution in [2.24, 2.45) is 0 Å². The maximum Gasteiger partial charge on any atom is 0.238 e. The monoisotopic (exact) mass is 355 g/mol. The van der Waals surface area contributed by atoms with E-state index in [9.17, 15) is 4.79 Å². The Morgan fingerprint density at radius 1 is 1.15 bits per heavy atom. The summed E-state index contributed by atoms with van der Waals surface area (Å²) in [6.45, 7) is 0.512. The molecule has 0 spiro atoms. The zero-order valence-corrected chi connectivity index (χ0v) is 14.5. The van der Waals surface area contributed by atoms with Crippen molar-refractivity contribution in [1.29, 1.82) is 0 Å². The van der Waals surface area contributed by atoms with Gasteiger partial charge in [-0.3, -0.25) is 4.79 Å². The van der Waals surface area contributed by atoms with Gasteiger partial charge in [0.05, 0.1) is 19.1 Å². The van der Waals surface area contributed by atoms with E-state index in [0.717, 1.165) is 18.6 Å². The van der Waals surface area contributed by atoms with Gasteiger partial charge in [0.15, 0.2) is 5.76 Å². The smallest absolute Gasteiger partial charge is 0.238 e. The summed E-state index contributed by atoms with van der Waals surface area (Å²) in [5.74, 6) is 2.29. The molecule has 1 amide bonds. The second-order valence-corrected chi connectivity index (χ2v) is 6.53. The van der Waals surface area contributed by atoms with E-state index in [1.807, 2.05) is 17.0 Å². The van der Waals surface area contributed by atoms with Crippen LogP contribution in [0.15, 0.2) is 50.1 Å². The van der Waals surface area contributed by atoms with Crippen molar-refractivity contribution < 1.29 is 18.2 Å². The highest BCUT2D eigenvalue weighted by Gasteiger charge is 2.27. The van der Waals surface area contributed by atoms with Gasteiger partial charge in [-0.2, -0.15) is 4.98 Å². The summed E-state index contributed by atoms with van der Waals surface area (Å²) in [7, 11) is 0. The molecule has 0 aromatic carbocycles. The molecule has 3 aromatic rings. The molecule has 7 heteroatoms. The maximum atomic E-state index is 12.8. The first-order chi connectivity index (χ1) is 12.8. The highest BCUT2D eigenvalue weighted by atomic mass is 16.5. The minimum absolute atomic E-state index is 0.0889. The molecule has 0 radical (unpaired) electrons. The quantitative estimate of drug-likeness (QED) is 0.640. The lowest BCUT2D eigenvalue weighted by Gasteiger charge is -2.28. The van der Waals surface area contributed by atoms with Gasteiger partial charge in [0.25, 0.3) is 0 Å². The molecule has 7 nitrogen and oxygen atoms in total. The molecule has 26 heavy (non-hydrogen) atoms. The summed E-state index contributed by atoms with van der Waals surface area (Å²) in [5, 5.41) is 3.90. The third-order valence-electron chi connectivity index (χ3n) is 4.75. The number of hydrogen-bond acceptors (Lipinski definition) is 6. The first-order valence-corrected chi connectivity index (χ1v) is 8.98. The number of aromatic nitrogens is 2. The summed E-state index contributed by atoms with van der Waals surface area (Å²) >= 11 is 0. The van der Waals surface area contributed by atoms with Crippen LogP contribution < -0.4 is 0 Å². The number of carbonyl (C=O) groups excluding carboxylic acids is 1. The normalized spacial score (nSPS) is 14.8. The predicted octanol–water partition coefficient (Wildman–Crippen LogP) is 3.83. The zero-order chi connectivity index (χ0) is 17.8. The third-order valence-corrected chi connectivity index (χ3v) is 4.75. The van der Waals surface area contributed by atoms with Crippen molar-refractivity contribution in [2.75, 3.05) is 0 Å². The van der Waals surface area contributed by atoms with Crippen LogP contribution in [0.25, 0.3) is 11.6 Å². The van der Waals surface area contributed by atoms with Crippen molar-refractivity contribution in [3.05, 3.63) is 48.4 Å². The second kappa shape index (κ2) is 7.59. The van der Waals surface area contributed by atoms with Gasteiger partial charge in [-0.25, -0.2) is 0 Å². The van der Waals surface area contributed by atoms with Gasteiger partial charge in [0, 0.05) is 18.9 Å². The Morgan fingerprint density at radius 2 is 1.96 bits per heavy atom. The number of aryl methyl sites for hydroxylation is 1. The largest absolute Gasteiger partial charge is 0.467 e. The van der Waals surface area contributed by atoms with E-state index in [-0.39, 0.29) is 11.9 Å². The van der Waals surface area contributed by atoms with Crippen LogP contribution in [0.5, 0.6) is 0 Å². The number of amides is 1. The van der Waals surface area contributed by atoms with Crippen molar-refractivity contribution in [1.82, 2.24) is 15.0 Å². The lowest BCUT2D eigenvalue weighted by atomic mass is 10.1. The van der Waals surface area contributed by atoms with Crippen LogP contribution in [-0.4, -0.2) is 27.0 Å². The van der Waals surface area contributed by atoms with Crippen molar-refractivity contribution >= 4 is 5.91 Å². The van der Waals surface area contributed by atoms with E-state index < -0.39 is 0 Å². The molecule has 0 aliphatic heterocycles. The molecular weight excluding hydrogens is 334 g/mol. The Morgan fingerprint density at radius 3 is 2.69 bits per heavy atom. The second-order valence-electron chi connectivity index (χ2n) is 6.53. The summed E-state index contributed by atoms with van der Waals surface area (Å²) in [4.78, 5) is 19.1. The van der Waals surface area contributed by atoms with E-state index >= 15 is 0 Å². The van der Waals surface area contributed by atoms with E-state index in [0.29, 0.717) is 36.9 Å². The number of hydrogen-bond donors (Lipinski definition) is 0. The molecule has 136 valence electrons. The molecule has 0 bridgehead atoms. The van der Waals surface area contributed by atoms with Gasteiger partial charge in [-0.05, 0) is 37.1 Å². The fraction of sp³-hybridized carbons (Fsp3) is 0.421. The van der Waals surface area contributed by atoms with Crippen LogP contribution in [0.4, 0.5) is 0 Å². The van der Waals surface area contributed by atoms with Gasteiger partial charge < -0.3 is 18.3 Å². The molecule has 0 atom stereocenters. The minimum atomic E-state index is 0.0889. The third kappa shape index (κ3) is 3.71. The van der Waals surface area contributed by atoms with E-state index in [4.69, 9.17) is 13.4 Å². The lowest BCUT2D eigenvalue weighted by molar-refractivity contribution is -0.134. The predicted molar refractivity (Wildman–Crippen MR) is 91.8 cm³/mol. The van der Waals surface area contributed by atoms with Gasteiger partial charge >= 0.3 is 0 Å².